The van der Waals surface area contributed by atoms with Gasteiger partial charge in [-0.15, -0.1) is 10.2 Å². The molecular weight excluding hydrogens is 358 g/mol. The number of sulfonamides is 1. The van der Waals surface area contributed by atoms with Gasteiger partial charge < -0.3 is 0 Å². The van der Waals surface area contributed by atoms with Crippen LogP contribution in [-0.2, 0) is 15.8 Å². The largest absolute Gasteiger partial charge is 0.276 e. The SMILES string of the molecule is CCN(CC)S(=O)(=O)c1ccc2nnc(SCc3cccnc3)n2c1. The normalized spacial score (nSPS) is 12.1. The number of rotatable bonds is 7. The fourth-order valence-electron chi connectivity index (χ4n) is 2.45. The Labute approximate surface area is 151 Å². The summed E-state index contributed by atoms with van der Waals surface area (Å²) in [4.78, 5) is 4.33. The zero-order chi connectivity index (χ0) is 17.9. The van der Waals surface area contributed by atoms with E-state index in [2.05, 4.69) is 15.2 Å². The summed E-state index contributed by atoms with van der Waals surface area (Å²) in [6.07, 6.45) is 5.12. The van der Waals surface area contributed by atoms with E-state index in [1.165, 1.54) is 16.1 Å². The number of fused-ring (bicyclic) bond motifs is 1. The highest BCUT2D eigenvalue weighted by molar-refractivity contribution is 7.98. The zero-order valence-electron chi connectivity index (χ0n) is 14.0. The van der Waals surface area contributed by atoms with Gasteiger partial charge >= 0.3 is 0 Å². The monoisotopic (exact) mass is 377 g/mol. The quantitative estimate of drug-likeness (QED) is 0.588. The maximum absolute atomic E-state index is 12.7. The Bertz CT molecular complexity index is 953. The highest BCUT2D eigenvalue weighted by Crippen LogP contribution is 2.23. The molecule has 3 aromatic heterocycles. The van der Waals surface area contributed by atoms with Crippen molar-refractivity contribution in [2.75, 3.05) is 13.1 Å². The molecule has 0 amide bonds. The van der Waals surface area contributed by atoms with Gasteiger partial charge in [-0.3, -0.25) is 9.38 Å². The fraction of sp³-hybridized carbons (Fsp3) is 0.312. The van der Waals surface area contributed by atoms with Crippen LogP contribution in [0.2, 0.25) is 0 Å². The molecule has 3 heterocycles. The molecule has 7 nitrogen and oxygen atoms in total. The van der Waals surface area contributed by atoms with Crippen molar-refractivity contribution in [1.82, 2.24) is 23.9 Å². The average Bonchev–Trinajstić information content (AvgIpc) is 3.04. The van der Waals surface area contributed by atoms with Crippen LogP contribution in [0.3, 0.4) is 0 Å². The standard InChI is InChI=1S/C16H19N5O2S2/c1-3-20(4-2)25(22,23)14-7-8-15-18-19-16(21(15)11-14)24-12-13-6-5-9-17-10-13/h5-11H,3-4,12H2,1-2H3. The van der Waals surface area contributed by atoms with Gasteiger partial charge in [-0.25, -0.2) is 8.42 Å². The second kappa shape index (κ2) is 7.51. The Hall–Kier alpha value is -1.97. The van der Waals surface area contributed by atoms with Crippen molar-refractivity contribution in [3.8, 4) is 0 Å². The molecule has 0 aliphatic rings. The maximum atomic E-state index is 12.7. The lowest BCUT2D eigenvalue weighted by atomic mass is 10.3. The Balaban J connectivity index is 1.92. The third kappa shape index (κ3) is 3.68. The molecule has 0 aromatic carbocycles. The maximum Gasteiger partial charge on any atom is 0.244 e. The average molecular weight is 377 g/mol. The summed E-state index contributed by atoms with van der Waals surface area (Å²) < 4.78 is 28.6. The molecule has 0 saturated carbocycles. The number of nitrogens with zero attached hydrogens (tertiary/aromatic N) is 5. The number of aromatic nitrogens is 4. The molecule has 0 bridgehead atoms. The molecule has 0 radical (unpaired) electrons. The van der Waals surface area contributed by atoms with Gasteiger partial charge in [0.25, 0.3) is 0 Å². The molecule has 0 aliphatic carbocycles. The summed E-state index contributed by atoms with van der Waals surface area (Å²) in [7, 11) is -3.52. The topological polar surface area (TPSA) is 80.5 Å². The predicted octanol–water partition coefficient (Wildman–Crippen LogP) is 2.45. The predicted molar refractivity (Wildman–Crippen MR) is 96.9 cm³/mol. The lowest BCUT2D eigenvalue weighted by molar-refractivity contribution is 0.445. The first kappa shape index (κ1) is 17.8. The number of hydrogen-bond donors (Lipinski definition) is 0. The highest BCUT2D eigenvalue weighted by atomic mass is 32.2. The molecule has 9 heteroatoms. The van der Waals surface area contributed by atoms with Gasteiger partial charge in [0.1, 0.15) is 0 Å². The molecule has 0 saturated heterocycles. The first-order chi connectivity index (χ1) is 12.1. The van der Waals surface area contributed by atoms with Crippen LogP contribution in [-0.4, -0.2) is 45.4 Å². The number of pyridine rings is 2. The minimum absolute atomic E-state index is 0.242. The fourth-order valence-corrected chi connectivity index (χ4v) is 4.75. The first-order valence-corrected chi connectivity index (χ1v) is 10.4. The minimum Gasteiger partial charge on any atom is -0.276 e. The van der Waals surface area contributed by atoms with E-state index in [1.54, 1.807) is 35.1 Å². The lowest BCUT2D eigenvalue weighted by Gasteiger charge is -2.18. The Morgan fingerprint density at radius 3 is 2.64 bits per heavy atom. The summed E-state index contributed by atoms with van der Waals surface area (Å²) in [6.45, 7) is 4.52. The molecule has 0 aliphatic heterocycles. The van der Waals surface area contributed by atoms with E-state index in [0.717, 1.165) is 5.56 Å². The molecule has 3 aromatic rings. The van der Waals surface area contributed by atoms with Crippen molar-refractivity contribution >= 4 is 27.4 Å². The van der Waals surface area contributed by atoms with E-state index >= 15 is 0 Å². The molecule has 25 heavy (non-hydrogen) atoms. The van der Waals surface area contributed by atoms with E-state index in [0.29, 0.717) is 29.6 Å². The molecule has 132 valence electrons. The van der Waals surface area contributed by atoms with Gasteiger partial charge in [-0.05, 0) is 23.8 Å². The van der Waals surface area contributed by atoms with Crippen molar-refractivity contribution in [3.63, 3.8) is 0 Å². The van der Waals surface area contributed by atoms with Crippen LogP contribution < -0.4 is 0 Å². The molecule has 0 spiro atoms. The molecule has 3 rings (SSSR count). The van der Waals surface area contributed by atoms with Crippen LogP contribution in [0.25, 0.3) is 5.65 Å². The Morgan fingerprint density at radius 2 is 1.96 bits per heavy atom. The van der Waals surface area contributed by atoms with Crippen LogP contribution in [0.1, 0.15) is 19.4 Å². The van der Waals surface area contributed by atoms with Crippen LogP contribution in [0.5, 0.6) is 0 Å². The summed E-state index contributed by atoms with van der Waals surface area (Å²) >= 11 is 1.49. The van der Waals surface area contributed by atoms with E-state index < -0.39 is 10.0 Å². The Morgan fingerprint density at radius 1 is 1.16 bits per heavy atom. The van der Waals surface area contributed by atoms with Gasteiger partial charge in [-0.1, -0.05) is 31.7 Å². The molecule has 0 N–H and O–H groups in total. The minimum atomic E-state index is -3.52. The highest BCUT2D eigenvalue weighted by Gasteiger charge is 2.22. The van der Waals surface area contributed by atoms with E-state index in [9.17, 15) is 8.42 Å². The second-order valence-electron chi connectivity index (χ2n) is 5.31. The third-order valence-corrected chi connectivity index (χ3v) is 6.83. The molecule has 0 atom stereocenters. The summed E-state index contributed by atoms with van der Waals surface area (Å²) in [5.74, 6) is 0.682. The van der Waals surface area contributed by atoms with Crippen LogP contribution >= 0.6 is 11.8 Å². The third-order valence-electron chi connectivity index (χ3n) is 3.78. The summed E-state index contributed by atoms with van der Waals surface area (Å²) in [5.41, 5.74) is 1.68. The van der Waals surface area contributed by atoms with Gasteiger partial charge in [0, 0.05) is 37.4 Å². The molecule has 0 fully saturated rings. The second-order valence-corrected chi connectivity index (χ2v) is 8.20. The van der Waals surface area contributed by atoms with Gasteiger partial charge in [0.05, 0.1) is 4.90 Å². The van der Waals surface area contributed by atoms with Crippen LogP contribution in [0.15, 0.2) is 52.9 Å². The van der Waals surface area contributed by atoms with Crippen molar-refractivity contribution in [2.24, 2.45) is 0 Å². The lowest BCUT2D eigenvalue weighted by Crippen LogP contribution is -2.30. The Kier molecular flexibility index (Phi) is 5.36. The smallest absolute Gasteiger partial charge is 0.244 e. The van der Waals surface area contributed by atoms with E-state index in [1.807, 2.05) is 26.0 Å². The number of hydrogen-bond acceptors (Lipinski definition) is 6. The van der Waals surface area contributed by atoms with Gasteiger partial charge in [0.2, 0.25) is 10.0 Å². The van der Waals surface area contributed by atoms with Gasteiger partial charge in [-0.2, -0.15) is 4.31 Å². The summed E-state index contributed by atoms with van der Waals surface area (Å²) in [5, 5.41) is 8.92. The van der Waals surface area contributed by atoms with E-state index in [-0.39, 0.29) is 4.90 Å². The van der Waals surface area contributed by atoms with Gasteiger partial charge in [0.15, 0.2) is 10.8 Å². The summed E-state index contributed by atoms with van der Waals surface area (Å²) in [6, 6.07) is 7.12. The molecular formula is C16H19N5O2S2. The van der Waals surface area contributed by atoms with Crippen LogP contribution in [0, 0.1) is 0 Å². The van der Waals surface area contributed by atoms with Crippen molar-refractivity contribution in [2.45, 2.75) is 29.7 Å². The molecule has 0 unspecified atom stereocenters. The van der Waals surface area contributed by atoms with E-state index in [4.69, 9.17) is 0 Å². The van der Waals surface area contributed by atoms with Crippen LogP contribution in [0.4, 0.5) is 0 Å². The zero-order valence-corrected chi connectivity index (χ0v) is 15.7. The van der Waals surface area contributed by atoms with Crippen molar-refractivity contribution < 1.29 is 8.42 Å². The number of thioether (sulfide) groups is 1. The van der Waals surface area contributed by atoms with Crippen molar-refractivity contribution in [3.05, 3.63) is 48.4 Å². The first-order valence-electron chi connectivity index (χ1n) is 7.93. The van der Waals surface area contributed by atoms with Crippen molar-refractivity contribution in [1.29, 1.82) is 0 Å².